The van der Waals surface area contributed by atoms with E-state index in [9.17, 15) is 31.1 Å². The van der Waals surface area contributed by atoms with Crippen molar-refractivity contribution in [1.29, 1.82) is 0 Å². The van der Waals surface area contributed by atoms with E-state index >= 15 is 0 Å². The van der Waals surface area contributed by atoms with Crippen molar-refractivity contribution >= 4 is 6.09 Å². The highest BCUT2D eigenvalue weighted by molar-refractivity contribution is 5.66. The molecule has 2 rings (SSSR count). The van der Waals surface area contributed by atoms with Gasteiger partial charge in [0.15, 0.2) is 0 Å². The van der Waals surface area contributed by atoms with Crippen LogP contribution in [0.25, 0.3) is 0 Å². The van der Waals surface area contributed by atoms with Gasteiger partial charge >= 0.3 is 18.4 Å². The van der Waals surface area contributed by atoms with Gasteiger partial charge in [0.2, 0.25) is 0 Å². The quantitative estimate of drug-likeness (QED) is 0.254. The number of ether oxygens (including phenoxy) is 2. The number of nitrogens with one attached hydrogen (secondary N) is 2. The molecule has 2 aromatic carbocycles. The van der Waals surface area contributed by atoms with E-state index in [1.807, 2.05) is 30.3 Å². The predicted octanol–water partition coefficient (Wildman–Crippen LogP) is 5.71. The first-order valence-corrected chi connectivity index (χ1v) is 10.4. The number of amides is 1. The Hall–Kier alpha value is -2.79. The standard InChI is InChI=1S/C23H26F6N2O3/c1-15(17-10-18(22(24,25)26)12-19(11-17)23(27,28)29)33-14-31-13-20(34-21(32)30-2)9-8-16-6-4-3-5-7-16/h3-7,10-12,15,20,31H,8-9,13-14H2,1-2H3,(H,30,32)/t15-,20?/m1/s1. The fourth-order valence-corrected chi connectivity index (χ4v) is 3.10. The zero-order chi connectivity index (χ0) is 25.4. The number of alkyl carbamates (subject to hydrolysis) is 1. The molecule has 0 aliphatic carbocycles. The van der Waals surface area contributed by atoms with Crippen molar-refractivity contribution in [1.82, 2.24) is 10.6 Å². The number of hydrogen-bond acceptors (Lipinski definition) is 4. The molecule has 0 heterocycles. The van der Waals surface area contributed by atoms with E-state index in [1.165, 1.54) is 14.0 Å². The number of carbonyl (C=O) groups is 1. The minimum Gasteiger partial charge on any atom is -0.445 e. The molecule has 0 aliphatic heterocycles. The SMILES string of the molecule is CNC(=O)OC(CCc1ccccc1)CNCO[C@H](C)c1cc(C(F)(F)F)cc(C(F)(F)F)c1. The Bertz CT molecular complexity index is 887. The van der Waals surface area contributed by atoms with Crippen LogP contribution in [0.4, 0.5) is 31.1 Å². The van der Waals surface area contributed by atoms with Crippen molar-refractivity contribution in [3.8, 4) is 0 Å². The lowest BCUT2D eigenvalue weighted by Crippen LogP contribution is -2.35. The van der Waals surface area contributed by atoms with Crippen LogP contribution in [0.1, 0.15) is 41.7 Å². The largest absolute Gasteiger partial charge is 0.445 e. The second-order valence-electron chi connectivity index (χ2n) is 7.55. The average Bonchev–Trinajstić information content (AvgIpc) is 2.78. The Morgan fingerprint density at radius 1 is 0.971 bits per heavy atom. The summed E-state index contributed by atoms with van der Waals surface area (Å²) in [4.78, 5) is 11.6. The zero-order valence-electron chi connectivity index (χ0n) is 18.6. The van der Waals surface area contributed by atoms with Gasteiger partial charge in [-0.25, -0.2) is 4.79 Å². The minimum atomic E-state index is -4.93. The van der Waals surface area contributed by atoms with Crippen LogP contribution in [0, 0.1) is 0 Å². The number of carbonyl (C=O) groups excluding carboxylic acids is 1. The topological polar surface area (TPSA) is 59.6 Å². The molecule has 1 unspecified atom stereocenters. The number of aryl methyl sites for hydroxylation is 1. The van der Waals surface area contributed by atoms with Gasteiger partial charge in [-0.3, -0.25) is 5.32 Å². The molecule has 34 heavy (non-hydrogen) atoms. The average molecular weight is 492 g/mol. The van der Waals surface area contributed by atoms with E-state index in [1.54, 1.807) is 0 Å². The summed E-state index contributed by atoms with van der Waals surface area (Å²) in [6.45, 7) is 1.34. The fourth-order valence-electron chi connectivity index (χ4n) is 3.10. The monoisotopic (exact) mass is 492 g/mol. The summed E-state index contributed by atoms with van der Waals surface area (Å²) >= 11 is 0. The Morgan fingerprint density at radius 2 is 1.56 bits per heavy atom. The Balaban J connectivity index is 1.97. The fraction of sp³-hybridized carbons (Fsp3) is 0.435. The van der Waals surface area contributed by atoms with E-state index in [2.05, 4.69) is 10.6 Å². The molecule has 0 fully saturated rings. The molecule has 1 amide bonds. The maximum atomic E-state index is 13.1. The van der Waals surface area contributed by atoms with Gasteiger partial charge < -0.3 is 14.8 Å². The van der Waals surface area contributed by atoms with E-state index in [0.717, 1.165) is 5.56 Å². The van der Waals surface area contributed by atoms with Gasteiger partial charge in [0.25, 0.3) is 0 Å². The Labute approximate surface area is 193 Å². The molecule has 2 atom stereocenters. The number of benzene rings is 2. The molecule has 188 valence electrons. The van der Waals surface area contributed by atoms with Crippen molar-refractivity contribution in [3.63, 3.8) is 0 Å². The molecule has 0 aliphatic rings. The third kappa shape index (κ3) is 8.86. The van der Waals surface area contributed by atoms with Gasteiger partial charge in [-0.1, -0.05) is 30.3 Å². The molecular weight excluding hydrogens is 466 g/mol. The van der Waals surface area contributed by atoms with Crippen molar-refractivity contribution in [2.24, 2.45) is 0 Å². The van der Waals surface area contributed by atoms with Crippen molar-refractivity contribution < 1.29 is 40.6 Å². The van der Waals surface area contributed by atoms with Gasteiger partial charge in [-0.2, -0.15) is 26.3 Å². The van der Waals surface area contributed by atoms with Crippen LogP contribution in [0.3, 0.4) is 0 Å². The van der Waals surface area contributed by atoms with E-state index in [0.29, 0.717) is 25.0 Å². The summed E-state index contributed by atoms with van der Waals surface area (Å²) in [6, 6.07) is 10.9. The maximum Gasteiger partial charge on any atom is 0.416 e. The molecular formula is C23H26F6N2O3. The van der Waals surface area contributed by atoms with Crippen LogP contribution in [0.2, 0.25) is 0 Å². The normalized spacial score (nSPS) is 13.9. The molecule has 0 radical (unpaired) electrons. The van der Waals surface area contributed by atoms with Gasteiger partial charge in [0.05, 0.1) is 24.0 Å². The summed E-state index contributed by atoms with van der Waals surface area (Å²) in [7, 11) is 1.42. The highest BCUT2D eigenvalue weighted by Gasteiger charge is 2.37. The Kier molecular flexibility index (Phi) is 9.75. The first-order chi connectivity index (χ1) is 15.9. The van der Waals surface area contributed by atoms with Crippen LogP contribution in [0.5, 0.6) is 0 Å². The molecule has 0 saturated carbocycles. The molecule has 11 heteroatoms. The number of alkyl halides is 6. The summed E-state index contributed by atoms with van der Waals surface area (Å²) in [5.41, 5.74) is -2.02. The highest BCUT2D eigenvalue weighted by atomic mass is 19.4. The molecule has 0 aromatic heterocycles. The van der Waals surface area contributed by atoms with Gasteiger partial charge in [0.1, 0.15) is 6.10 Å². The molecule has 2 aromatic rings. The van der Waals surface area contributed by atoms with Gasteiger partial charge in [-0.15, -0.1) is 0 Å². The summed E-state index contributed by atoms with van der Waals surface area (Å²) in [5, 5.41) is 5.22. The third-order valence-corrected chi connectivity index (χ3v) is 4.96. The lowest BCUT2D eigenvalue weighted by Gasteiger charge is -2.21. The molecule has 0 spiro atoms. The number of rotatable bonds is 10. The highest BCUT2D eigenvalue weighted by Crippen LogP contribution is 2.37. The summed E-state index contributed by atoms with van der Waals surface area (Å²) in [5.74, 6) is 0. The second kappa shape index (κ2) is 12.1. The maximum absolute atomic E-state index is 13.1. The smallest absolute Gasteiger partial charge is 0.416 e. The van der Waals surface area contributed by atoms with E-state index in [-0.39, 0.29) is 24.9 Å². The van der Waals surface area contributed by atoms with E-state index in [4.69, 9.17) is 9.47 Å². The minimum absolute atomic E-state index is 0.0713. The lowest BCUT2D eigenvalue weighted by atomic mass is 10.0. The first kappa shape index (κ1) is 27.5. The number of halogens is 6. The predicted molar refractivity (Wildman–Crippen MR) is 113 cm³/mol. The van der Waals surface area contributed by atoms with Crippen molar-refractivity contribution in [2.75, 3.05) is 20.3 Å². The second-order valence-corrected chi connectivity index (χ2v) is 7.55. The molecule has 5 nitrogen and oxygen atoms in total. The first-order valence-electron chi connectivity index (χ1n) is 10.4. The van der Waals surface area contributed by atoms with Gasteiger partial charge in [0, 0.05) is 13.6 Å². The lowest BCUT2D eigenvalue weighted by molar-refractivity contribution is -0.143. The summed E-state index contributed by atoms with van der Waals surface area (Å²) in [6.07, 6.45) is -11.0. The van der Waals surface area contributed by atoms with Crippen molar-refractivity contribution in [3.05, 3.63) is 70.8 Å². The Morgan fingerprint density at radius 3 is 2.09 bits per heavy atom. The molecule has 2 N–H and O–H groups in total. The number of hydrogen-bond donors (Lipinski definition) is 2. The molecule has 0 saturated heterocycles. The van der Waals surface area contributed by atoms with Crippen LogP contribution < -0.4 is 10.6 Å². The van der Waals surface area contributed by atoms with Crippen LogP contribution >= 0.6 is 0 Å². The third-order valence-electron chi connectivity index (χ3n) is 4.96. The van der Waals surface area contributed by atoms with Crippen LogP contribution in [-0.4, -0.2) is 32.5 Å². The van der Waals surface area contributed by atoms with Crippen LogP contribution in [0.15, 0.2) is 48.5 Å². The van der Waals surface area contributed by atoms with Crippen molar-refractivity contribution in [2.45, 2.75) is 44.3 Å². The van der Waals surface area contributed by atoms with E-state index < -0.39 is 41.8 Å². The zero-order valence-corrected chi connectivity index (χ0v) is 18.6. The summed E-state index contributed by atoms with van der Waals surface area (Å²) < 4.78 is 89.0. The van der Waals surface area contributed by atoms with Gasteiger partial charge in [-0.05, 0) is 49.1 Å². The van der Waals surface area contributed by atoms with Crippen LogP contribution in [-0.2, 0) is 28.2 Å². The molecule has 0 bridgehead atoms.